The van der Waals surface area contributed by atoms with Crippen molar-refractivity contribution < 1.29 is 19.1 Å². The quantitative estimate of drug-likeness (QED) is 0.432. The Morgan fingerprint density at radius 3 is 2.03 bits per heavy atom. The molecule has 5 rings (SSSR count). The Balaban J connectivity index is 1.78. The molecular weight excluding hydrogens is 556 g/mol. The van der Waals surface area contributed by atoms with Gasteiger partial charge in [-0.3, -0.25) is 14.4 Å². The fourth-order valence-corrected chi connectivity index (χ4v) is 6.72. The summed E-state index contributed by atoms with van der Waals surface area (Å²) in [6.45, 7) is 8.81. The van der Waals surface area contributed by atoms with E-state index < -0.39 is 11.8 Å². The van der Waals surface area contributed by atoms with Crippen molar-refractivity contribution in [3.05, 3.63) is 86.7 Å². The molecule has 0 atom stereocenters. The third kappa shape index (κ3) is 5.46. The average molecular weight is 592 g/mol. The Kier molecular flexibility index (Phi) is 7.08. The lowest BCUT2D eigenvalue weighted by Gasteiger charge is -2.49. The minimum atomic E-state index is -0.590. The normalized spacial score (nSPS) is 20.6. The van der Waals surface area contributed by atoms with Crippen molar-refractivity contribution in [1.82, 2.24) is 4.90 Å². The Morgan fingerprint density at radius 2 is 1.49 bits per heavy atom. The van der Waals surface area contributed by atoms with Crippen LogP contribution in [0.4, 0.5) is 0 Å². The molecule has 7 heteroatoms. The van der Waals surface area contributed by atoms with Crippen LogP contribution in [0.1, 0.15) is 70.4 Å². The highest BCUT2D eigenvalue weighted by atomic mass is 79.9. The third-order valence-corrected chi connectivity index (χ3v) is 8.35. The van der Waals surface area contributed by atoms with Crippen molar-refractivity contribution in [2.45, 2.75) is 65.8 Å². The SMILES string of the molecule is CC1(C)CC(=O)C2=C(C1)N(Cc1ccccc1)C1=C(C(=O)CC(C)(C)C1)C2c1cc(Br)ccc1OCC(N)=O. The number of nitrogens with zero attached hydrogens (tertiary/aromatic N) is 1. The van der Waals surface area contributed by atoms with Gasteiger partial charge >= 0.3 is 0 Å². The topological polar surface area (TPSA) is 89.7 Å². The van der Waals surface area contributed by atoms with Crippen LogP contribution in [0.3, 0.4) is 0 Å². The minimum Gasteiger partial charge on any atom is -0.483 e. The molecule has 2 aromatic rings. The molecule has 2 aromatic carbocycles. The summed E-state index contributed by atoms with van der Waals surface area (Å²) in [6.07, 6.45) is 2.23. The van der Waals surface area contributed by atoms with Crippen LogP contribution in [0, 0.1) is 10.8 Å². The molecule has 0 bridgehead atoms. The van der Waals surface area contributed by atoms with Crippen molar-refractivity contribution in [3.8, 4) is 5.75 Å². The summed E-state index contributed by atoms with van der Waals surface area (Å²) < 4.78 is 6.66. The van der Waals surface area contributed by atoms with Gasteiger partial charge in [0.25, 0.3) is 5.91 Å². The molecule has 3 aliphatic rings. The number of ketones is 2. The zero-order chi connectivity index (χ0) is 28.1. The van der Waals surface area contributed by atoms with E-state index in [-0.39, 0.29) is 29.0 Å². The van der Waals surface area contributed by atoms with Crippen LogP contribution in [0.25, 0.3) is 0 Å². The zero-order valence-electron chi connectivity index (χ0n) is 23.0. The predicted molar refractivity (Wildman–Crippen MR) is 154 cm³/mol. The highest BCUT2D eigenvalue weighted by Gasteiger charge is 2.49. The van der Waals surface area contributed by atoms with Crippen LogP contribution in [0.5, 0.6) is 5.75 Å². The number of primary amides is 1. The predicted octanol–water partition coefficient (Wildman–Crippen LogP) is 6.20. The summed E-state index contributed by atoms with van der Waals surface area (Å²) in [7, 11) is 0. The van der Waals surface area contributed by atoms with Crippen LogP contribution < -0.4 is 10.5 Å². The summed E-state index contributed by atoms with van der Waals surface area (Å²) in [4.78, 5) is 42.0. The number of amides is 1. The molecular formula is C32H35BrN2O4. The summed E-state index contributed by atoms with van der Waals surface area (Å²) in [5.41, 5.74) is 10.1. The van der Waals surface area contributed by atoms with E-state index in [1.807, 2.05) is 30.3 Å². The largest absolute Gasteiger partial charge is 0.483 e. The van der Waals surface area contributed by atoms with Gasteiger partial charge in [0.2, 0.25) is 0 Å². The number of halogens is 1. The number of carbonyl (C=O) groups excluding carboxylic acids is 3. The molecule has 39 heavy (non-hydrogen) atoms. The van der Waals surface area contributed by atoms with Crippen molar-refractivity contribution >= 4 is 33.4 Å². The highest BCUT2D eigenvalue weighted by molar-refractivity contribution is 9.10. The number of allylic oxidation sites excluding steroid dienone is 4. The number of ether oxygens (including phenoxy) is 1. The Morgan fingerprint density at radius 1 is 0.923 bits per heavy atom. The zero-order valence-corrected chi connectivity index (χ0v) is 24.6. The van der Waals surface area contributed by atoms with E-state index in [4.69, 9.17) is 10.5 Å². The Hall–Kier alpha value is -3.19. The molecule has 0 unspecified atom stereocenters. The molecule has 1 aliphatic heterocycles. The molecule has 1 amide bonds. The second-order valence-corrected chi connectivity index (χ2v) is 13.5. The van der Waals surface area contributed by atoms with Crippen molar-refractivity contribution in [2.24, 2.45) is 16.6 Å². The average Bonchev–Trinajstić information content (AvgIpc) is 2.83. The van der Waals surface area contributed by atoms with Crippen molar-refractivity contribution in [2.75, 3.05) is 6.61 Å². The van der Waals surface area contributed by atoms with E-state index in [0.29, 0.717) is 54.7 Å². The summed E-state index contributed by atoms with van der Waals surface area (Å²) in [5.74, 6) is -0.613. The first-order valence-electron chi connectivity index (χ1n) is 13.4. The molecule has 0 aromatic heterocycles. The standard InChI is InChI=1S/C32H35BrN2O4/c1-31(2)13-22-29(24(36)15-31)28(21-12-20(33)10-11-26(21)39-18-27(34)38)30-23(14-32(3,4)16-25(30)37)35(22)17-19-8-6-5-7-9-19/h5-12,28H,13-18H2,1-4H3,(H2,34,38). The molecule has 6 nitrogen and oxygen atoms in total. The first-order valence-corrected chi connectivity index (χ1v) is 14.2. The fourth-order valence-electron chi connectivity index (χ4n) is 6.34. The lowest BCUT2D eigenvalue weighted by molar-refractivity contribution is -0.121. The molecule has 0 saturated heterocycles. The van der Waals surface area contributed by atoms with Gasteiger partial charge in [0.15, 0.2) is 18.2 Å². The fraction of sp³-hybridized carbons (Fsp3) is 0.406. The van der Waals surface area contributed by atoms with E-state index in [0.717, 1.165) is 21.4 Å². The van der Waals surface area contributed by atoms with Crippen LogP contribution in [0.2, 0.25) is 0 Å². The minimum absolute atomic E-state index is 0.0503. The van der Waals surface area contributed by atoms with Gasteiger partial charge in [-0.1, -0.05) is 74.0 Å². The van der Waals surface area contributed by atoms with Crippen LogP contribution >= 0.6 is 15.9 Å². The van der Waals surface area contributed by atoms with Crippen molar-refractivity contribution in [1.29, 1.82) is 0 Å². The van der Waals surface area contributed by atoms with Gasteiger partial charge in [-0.05, 0) is 47.4 Å². The first kappa shape index (κ1) is 27.4. The molecule has 0 radical (unpaired) electrons. The van der Waals surface area contributed by atoms with E-state index >= 15 is 0 Å². The van der Waals surface area contributed by atoms with E-state index in [2.05, 4.69) is 60.7 Å². The van der Waals surface area contributed by atoms with Gasteiger partial charge in [0.1, 0.15) is 5.75 Å². The lowest BCUT2D eigenvalue weighted by Crippen LogP contribution is -2.44. The number of rotatable bonds is 6. The highest BCUT2D eigenvalue weighted by Crippen LogP contribution is 2.56. The molecule has 0 fully saturated rings. The monoisotopic (exact) mass is 590 g/mol. The van der Waals surface area contributed by atoms with Crippen LogP contribution in [0.15, 0.2) is 75.5 Å². The number of benzene rings is 2. The number of carbonyl (C=O) groups is 3. The van der Waals surface area contributed by atoms with E-state index in [9.17, 15) is 14.4 Å². The summed E-state index contributed by atoms with van der Waals surface area (Å²) >= 11 is 3.58. The second-order valence-electron chi connectivity index (χ2n) is 12.5. The van der Waals surface area contributed by atoms with Gasteiger partial charge in [-0.15, -0.1) is 0 Å². The molecule has 204 valence electrons. The van der Waals surface area contributed by atoms with Gasteiger partial charge < -0.3 is 15.4 Å². The molecule has 0 spiro atoms. The molecule has 2 N–H and O–H groups in total. The Bertz CT molecular complexity index is 1370. The maximum Gasteiger partial charge on any atom is 0.255 e. The van der Waals surface area contributed by atoms with E-state index in [1.165, 1.54) is 0 Å². The van der Waals surface area contributed by atoms with Crippen LogP contribution in [-0.4, -0.2) is 29.0 Å². The number of hydrogen-bond donors (Lipinski definition) is 1. The van der Waals surface area contributed by atoms with Crippen LogP contribution in [-0.2, 0) is 20.9 Å². The Labute approximate surface area is 238 Å². The number of Topliss-reactive ketones (excluding diaryl/α,β-unsaturated/α-hetero) is 2. The smallest absolute Gasteiger partial charge is 0.255 e. The van der Waals surface area contributed by atoms with Gasteiger partial charge in [0, 0.05) is 57.9 Å². The summed E-state index contributed by atoms with van der Waals surface area (Å²) in [6, 6.07) is 15.7. The summed E-state index contributed by atoms with van der Waals surface area (Å²) in [5, 5.41) is 0. The molecule has 2 aliphatic carbocycles. The third-order valence-electron chi connectivity index (χ3n) is 7.86. The van der Waals surface area contributed by atoms with Gasteiger partial charge in [-0.25, -0.2) is 0 Å². The first-order chi connectivity index (χ1) is 18.3. The maximum atomic E-state index is 14.1. The lowest BCUT2D eigenvalue weighted by atomic mass is 9.63. The number of nitrogens with two attached hydrogens (primary N) is 1. The molecule has 1 heterocycles. The van der Waals surface area contributed by atoms with E-state index in [1.54, 1.807) is 6.07 Å². The van der Waals surface area contributed by atoms with Gasteiger partial charge in [0.05, 0.1) is 0 Å². The van der Waals surface area contributed by atoms with Gasteiger partial charge in [-0.2, -0.15) is 0 Å². The molecule has 0 saturated carbocycles. The number of hydrogen-bond acceptors (Lipinski definition) is 5. The second kappa shape index (κ2) is 10.1. The van der Waals surface area contributed by atoms with Crippen molar-refractivity contribution in [3.63, 3.8) is 0 Å². The maximum absolute atomic E-state index is 14.1.